The second kappa shape index (κ2) is 11.2. The van der Waals surface area contributed by atoms with Gasteiger partial charge in [-0.15, -0.1) is 0 Å². The van der Waals surface area contributed by atoms with E-state index in [9.17, 15) is 9.59 Å². The zero-order valence-electron chi connectivity index (χ0n) is 12.9. The number of ether oxygens (including phenoxy) is 1. The molecule has 0 aromatic heterocycles. The number of carbonyl (C=O) groups is 2. The van der Waals surface area contributed by atoms with E-state index in [0.29, 0.717) is 19.4 Å². The largest absolute Gasteiger partial charge is 0.466 e. The lowest BCUT2D eigenvalue weighted by Crippen LogP contribution is -2.10. The van der Waals surface area contributed by atoms with Crippen molar-refractivity contribution in [2.75, 3.05) is 6.61 Å². The van der Waals surface area contributed by atoms with Gasteiger partial charge in [0.05, 0.1) is 6.61 Å². The molecule has 0 N–H and O–H groups in total. The Kier molecular flexibility index (Phi) is 10.3. The van der Waals surface area contributed by atoms with Crippen LogP contribution >= 0.6 is 0 Å². The quantitative estimate of drug-likeness (QED) is 0.261. The number of rotatable bonds is 10. The number of allylic oxidation sites excluding steroid dienone is 5. The molecule has 0 radical (unpaired) electrons. The van der Waals surface area contributed by atoms with E-state index in [-0.39, 0.29) is 12.2 Å². The van der Waals surface area contributed by atoms with E-state index in [2.05, 4.69) is 26.5 Å². The minimum absolute atomic E-state index is 0.0765. The van der Waals surface area contributed by atoms with Crippen LogP contribution in [0.4, 0.5) is 0 Å². The number of ketones is 1. The third kappa shape index (κ3) is 10.3. The molecular weight excluding hydrogens is 252 g/mol. The van der Waals surface area contributed by atoms with Gasteiger partial charge in [-0.05, 0) is 40.0 Å². The average Bonchev–Trinajstić information content (AvgIpc) is 2.36. The zero-order valence-corrected chi connectivity index (χ0v) is 12.9. The third-order valence-electron chi connectivity index (χ3n) is 2.72. The number of hydrogen-bond donors (Lipinski definition) is 0. The Labute approximate surface area is 122 Å². The van der Waals surface area contributed by atoms with E-state index >= 15 is 0 Å². The maximum atomic E-state index is 11.5. The molecule has 112 valence electrons. The summed E-state index contributed by atoms with van der Waals surface area (Å²) in [5.74, 6) is -0.513. The molecule has 0 saturated carbocycles. The summed E-state index contributed by atoms with van der Waals surface area (Å²) < 4.78 is 4.74. The predicted molar refractivity (Wildman–Crippen MR) is 82.4 cm³/mol. The van der Waals surface area contributed by atoms with Crippen molar-refractivity contribution >= 4 is 11.8 Å². The molecule has 0 spiro atoms. The van der Waals surface area contributed by atoms with Crippen LogP contribution in [0.1, 0.15) is 52.9 Å². The highest BCUT2D eigenvalue weighted by Crippen LogP contribution is 2.11. The van der Waals surface area contributed by atoms with Crippen LogP contribution in [-0.4, -0.2) is 18.4 Å². The second-order valence-electron chi connectivity index (χ2n) is 4.86. The molecule has 0 amide bonds. The summed E-state index contributed by atoms with van der Waals surface area (Å²) in [5, 5.41) is 0. The van der Waals surface area contributed by atoms with Crippen LogP contribution in [0.25, 0.3) is 0 Å². The molecule has 3 nitrogen and oxygen atoms in total. The summed E-state index contributed by atoms with van der Waals surface area (Å²) in [6, 6.07) is 0. The van der Waals surface area contributed by atoms with Crippen LogP contribution in [0.3, 0.4) is 0 Å². The molecule has 20 heavy (non-hydrogen) atoms. The van der Waals surface area contributed by atoms with Crippen molar-refractivity contribution in [3.63, 3.8) is 0 Å². The second-order valence-corrected chi connectivity index (χ2v) is 4.86. The molecule has 0 bridgehead atoms. The van der Waals surface area contributed by atoms with Gasteiger partial charge < -0.3 is 4.74 Å². The molecule has 0 aliphatic rings. The van der Waals surface area contributed by atoms with Gasteiger partial charge in [-0.3, -0.25) is 9.59 Å². The van der Waals surface area contributed by atoms with Gasteiger partial charge in [-0.1, -0.05) is 36.0 Å². The van der Waals surface area contributed by atoms with Crippen molar-refractivity contribution in [3.05, 3.63) is 36.0 Å². The van der Waals surface area contributed by atoms with Crippen molar-refractivity contribution in [1.29, 1.82) is 0 Å². The summed E-state index contributed by atoms with van der Waals surface area (Å²) in [5.41, 5.74) is 2.45. The SMILES string of the molecule is C=C/C(=C\CCC(=O)CC(=O)OCC)CCC=C(C)C. The molecular formula is C17H26O3. The first-order chi connectivity index (χ1) is 9.49. The highest BCUT2D eigenvalue weighted by Gasteiger charge is 2.09. The fraction of sp³-hybridized carbons (Fsp3) is 0.529. The first-order valence-electron chi connectivity index (χ1n) is 7.11. The summed E-state index contributed by atoms with van der Waals surface area (Å²) in [6.45, 7) is 9.98. The number of hydrogen-bond acceptors (Lipinski definition) is 3. The lowest BCUT2D eigenvalue weighted by molar-refractivity contribution is -0.145. The summed E-state index contributed by atoms with van der Waals surface area (Å²) >= 11 is 0. The molecule has 0 aromatic carbocycles. The van der Waals surface area contributed by atoms with Gasteiger partial charge in [-0.2, -0.15) is 0 Å². The van der Waals surface area contributed by atoms with E-state index in [0.717, 1.165) is 18.4 Å². The van der Waals surface area contributed by atoms with Gasteiger partial charge in [-0.25, -0.2) is 0 Å². The maximum absolute atomic E-state index is 11.5. The Bertz CT molecular complexity index is 385. The molecule has 0 heterocycles. The standard InChI is InChI=1S/C17H26O3/c1-5-15(10-7-9-14(3)4)11-8-12-16(18)13-17(19)20-6-2/h5,9,11H,1,6-8,10,12-13H2,2-4H3/b15-11+. The fourth-order valence-corrected chi connectivity index (χ4v) is 1.69. The first-order valence-corrected chi connectivity index (χ1v) is 7.11. The maximum Gasteiger partial charge on any atom is 0.313 e. The van der Waals surface area contributed by atoms with Gasteiger partial charge in [0.1, 0.15) is 12.2 Å². The van der Waals surface area contributed by atoms with E-state index in [4.69, 9.17) is 4.74 Å². The summed E-state index contributed by atoms with van der Waals surface area (Å²) in [7, 11) is 0. The van der Waals surface area contributed by atoms with Gasteiger partial charge >= 0.3 is 5.97 Å². The van der Waals surface area contributed by atoms with Gasteiger partial charge in [0, 0.05) is 6.42 Å². The van der Waals surface area contributed by atoms with Crippen molar-refractivity contribution in [1.82, 2.24) is 0 Å². The highest BCUT2D eigenvalue weighted by atomic mass is 16.5. The van der Waals surface area contributed by atoms with Crippen molar-refractivity contribution in [2.45, 2.75) is 52.9 Å². The fourth-order valence-electron chi connectivity index (χ4n) is 1.69. The molecule has 0 aliphatic carbocycles. The lowest BCUT2D eigenvalue weighted by Gasteiger charge is -2.02. The molecule has 0 aliphatic heterocycles. The zero-order chi connectivity index (χ0) is 15.4. The van der Waals surface area contributed by atoms with Crippen LogP contribution in [0.2, 0.25) is 0 Å². The molecule has 0 aromatic rings. The number of Topliss-reactive ketones (excluding diaryl/α,β-unsaturated/α-hetero) is 1. The van der Waals surface area contributed by atoms with Gasteiger partial charge in [0.25, 0.3) is 0 Å². The average molecular weight is 278 g/mol. The molecule has 0 atom stereocenters. The minimum Gasteiger partial charge on any atom is -0.466 e. The predicted octanol–water partition coefficient (Wildman–Crippen LogP) is 4.15. The smallest absolute Gasteiger partial charge is 0.313 e. The Hall–Kier alpha value is -1.64. The van der Waals surface area contributed by atoms with Crippen molar-refractivity contribution in [3.8, 4) is 0 Å². The molecule has 0 rings (SSSR count). The summed E-state index contributed by atoms with van der Waals surface area (Å²) in [6.07, 6.45) is 8.85. The van der Waals surface area contributed by atoms with Crippen LogP contribution in [-0.2, 0) is 14.3 Å². The summed E-state index contributed by atoms with van der Waals surface area (Å²) in [4.78, 5) is 22.7. The van der Waals surface area contributed by atoms with Crippen LogP contribution in [0.5, 0.6) is 0 Å². The van der Waals surface area contributed by atoms with E-state index < -0.39 is 5.97 Å². The minimum atomic E-state index is -0.436. The van der Waals surface area contributed by atoms with Crippen LogP contribution < -0.4 is 0 Å². The van der Waals surface area contributed by atoms with Crippen molar-refractivity contribution in [2.24, 2.45) is 0 Å². The van der Waals surface area contributed by atoms with Gasteiger partial charge in [0.15, 0.2) is 0 Å². The van der Waals surface area contributed by atoms with E-state index in [1.807, 2.05) is 12.2 Å². The third-order valence-corrected chi connectivity index (χ3v) is 2.72. The molecule has 0 saturated heterocycles. The molecule has 0 fully saturated rings. The Morgan fingerprint density at radius 1 is 1.10 bits per heavy atom. The monoisotopic (exact) mass is 278 g/mol. The normalized spacial score (nSPS) is 10.8. The highest BCUT2D eigenvalue weighted by molar-refractivity contribution is 5.95. The Morgan fingerprint density at radius 2 is 1.75 bits per heavy atom. The number of carbonyl (C=O) groups excluding carboxylic acids is 2. The number of esters is 1. The first kappa shape index (κ1) is 18.4. The van der Waals surface area contributed by atoms with E-state index in [1.54, 1.807) is 6.92 Å². The van der Waals surface area contributed by atoms with Crippen LogP contribution in [0.15, 0.2) is 36.0 Å². The Morgan fingerprint density at radius 3 is 2.30 bits per heavy atom. The van der Waals surface area contributed by atoms with E-state index in [1.165, 1.54) is 5.57 Å². The van der Waals surface area contributed by atoms with Gasteiger partial charge in [0.2, 0.25) is 0 Å². The molecule has 3 heteroatoms. The Balaban J connectivity index is 4.06. The van der Waals surface area contributed by atoms with Crippen LogP contribution in [0, 0.1) is 0 Å². The topological polar surface area (TPSA) is 43.4 Å². The lowest BCUT2D eigenvalue weighted by atomic mass is 10.1. The van der Waals surface area contributed by atoms with Crippen molar-refractivity contribution < 1.29 is 14.3 Å². The molecule has 0 unspecified atom stereocenters.